The van der Waals surface area contributed by atoms with E-state index in [4.69, 9.17) is 0 Å². The van der Waals surface area contributed by atoms with E-state index in [-0.39, 0.29) is 36.2 Å². The van der Waals surface area contributed by atoms with Gasteiger partial charge in [0.25, 0.3) is 0 Å². The summed E-state index contributed by atoms with van der Waals surface area (Å²) in [7, 11) is 2.18. The Balaban J connectivity index is 1.02. The molecule has 2 N–H and O–H groups in total. The Bertz CT molecular complexity index is 1650. The van der Waals surface area contributed by atoms with Gasteiger partial charge < -0.3 is 24.9 Å². The molecule has 0 spiro atoms. The van der Waals surface area contributed by atoms with Gasteiger partial charge in [0.15, 0.2) is 0 Å². The zero-order chi connectivity index (χ0) is 34.1. The summed E-state index contributed by atoms with van der Waals surface area (Å²) in [6, 6.07) is 12.8. The number of nitrogens with zero attached hydrogens (tertiary/aromatic N) is 6. The van der Waals surface area contributed by atoms with E-state index in [9.17, 15) is 14.4 Å². The summed E-state index contributed by atoms with van der Waals surface area (Å²) < 4.78 is 0. The molecule has 3 saturated heterocycles. The Kier molecular flexibility index (Phi) is 9.91. The van der Waals surface area contributed by atoms with Crippen LogP contribution in [0.15, 0.2) is 42.6 Å². The first-order chi connectivity index (χ1) is 23.7. The summed E-state index contributed by atoms with van der Waals surface area (Å²) in [5.74, 6) is -0.461. The minimum absolute atomic E-state index is 0.0322. The monoisotopic (exact) mass is 668 g/mol. The Hall–Kier alpha value is -3.96. The molecule has 2 aromatic carbocycles. The second kappa shape index (κ2) is 14.5. The average molecular weight is 669 g/mol. The normalized spacial score (nSPS) is 21.7. The van der Waals surface area contributed by atoms with Crippen molar-refractivity contribution in [1.29, 1.82) is 0 Å². The molecule has 49 heavy (non-hydrogen) atoms. The number of amides is 4. The van der Waals surface area contributed by atoms with Gasteiger partial charge in [0.1, 0.15) is 0 Å². The number of benzene rings is 2. The van der Waals surface area contributed by atoms with Crippen molar-refractivity contribution in [3.05, 3.63) is 59.3 Å². The number of aryl methyl sites for hydroxylation is 1. The number of nitrogens with one attached hydrogen (secondary N) is 2. The number of hydrogen-bond donors (Lipinski definition) is 2. The van der Waals surface area contributed by atoms with Crippen molar-refractivity contribution in [3.63, 3.8) is 0 Å². The standard InChI is InChI=1S/C38H52N8O3/c1-26-22-29(23-30-25-39-41-36(26)30)27(2)33(37(48)45-15-9-31(10-16-45)43-20-18-42(3)19-21-43)24-35(47)44-13-11-32(12-14-44)46-17-8-28-6-4-5-7-34(28)40-38(46)49/h4-7,22-23,25,27,31-33H,8-21,24H2,1-3H3,(H,39,41)(H,40,49)/t27-,33?/m0/s1. The summed E-state index contributed by atoms with van der Waals surface area (Å²) in [4.78, 5) is 52.6. The lowest BCUT2D eigenvalue weighted by molar-refractivity contribution is -0.143. The number of likely N-dealkylation sites (N-methyl/N-ethyl adjacent to an activating group) is 1. The van der Waals surface area contributed by atoms with E-state index in [1.807, 2.05) is 39.1 Å². The fourth-order valence-corrected chi connectivity index (χ4v) is 8.59. The number of para-hydroxylation sites is 1. The maximum atomic E-state index is 14.4. The zero-order valence-electron chi connectivity index (χ0n) is 29.4. The average Bonchev–Trinajstić information content (AvgIpc) is 3.54. The van der Waals surface area contributed by atoms with Crippen molar-refractivity contribution in [2.45, 2.75) is 70.4 Å². The third kappa shape index (κ3) is 7.19. The van der Waals surface area contributed by atoms with Gasteiger partial charge in [-0.3, -0.25) is 19.6 Å². The van der Waals surface area contributed by atoms with E-state index in [1.54, 1.807) is 0 Å². The molecule has 1 unspecified atom stereocenters. The number of urea groups is 1. The topological polar surface area (TPSA) is 108 Å². The molecule has 0 radical (unpaired) electrons. The van der Waals surface area contributed by atoms with Crippen LogP contribution in [0.25, 0.3) is 10.9 Å². The lowest BCUT2D eigenvalue weighted by Gasteiger charge is -2.43. The molecule has 5 heterocycles. The highest BCUT2D eigenvalue weighted by Gasteiger charge is 2.38. The number of aromatic amines is 1. The van der Waals surface area contributed by atoms with E-state index < -0.39 is 5.92 Å². The summed E-state index contributed by atoms with van der Waals surface area (Å²) in [5.41, 5.74) is 5.20. The molecule has 11 nitrogen and oxygen atoms in total. The molecule has 0 bridgehead atoms. The van der Waals surface area contributed by atoms with Gasteiger partial charge in [0, 0.05) is 88.5 Å². The molecule has 11 heteroatoms. The van der Waals surface area contributed by atoms with Gasteiger partial charge in [-0.05, 0) is 80.8 Å². The van der Waals surface area contributed by atoms with Crippen molar-refractivity contribution >= 4 is 34.4 Å². The Morgan fingerprint density at radius 2 is 1.59 bits per heavy atom. The van der Waals surface area contributed by atoms with Crippen LogP contribution in [-0.4, -0.2) is 131 Å². The fourth-order valence-electron chi connectivity index (χ4n) is 8.59. The van der Waals surface area contributed by atoms with Gasteiger partial charge >= 0.3 is 6.03 Å². The predicted molar refractivity (Wildman–Crippen MR) is 191 cm³/mol. The molecule has 4 aliphatic rings. The zero-order valence-corrected chi connectivity index (χ0v) is 29.4. The van der Waals surface area contributed by atoms with Crippen LogP contribution < -0.4 is 5.32 Å². The van der Waals surface area contributed by atoms with E-state index in [0.717, 1.165) is 105 Å². The van der Waals surface area contributed by atoms with Gasteiger partial charge in [0.2, 0.25) is 11.8 Å². The third-order valence-electron chi connectivity index (χ3n) is 11.8. The molecular formula is C38H52N8O3. The van der Waals surface area contributed by atoms with Crippen LogP contribution in [0.1, 0.15) is 61.6 Å². The maximum absolute atomic E-state index is 14.4. The minimum Gasteiger partial charge on any atom is -0.343 e. The van der Waals surface area contributed by atoms with Gasteiger partial charge in [-0.15, -0.1) is 0 Å². The highest BCUT2D eigenvalue weighted by Crippen LogP contribution is 2.34. The molecule has 3 fully saturated rings. The van der Waals surface area contributed by atoms with Crippen molar-refractivity contribution < 1.29 is 14.4 Å². The molecular weight excluding hydrogens is 616 g/mol. The Morgan fingerprint density at radius 1 is 0.898 bits per heavy atom. The van der Waals surface area contributed by atoms with Crippen molar-refractivity contribution in [1.82, 2.24) is 34.7 Å². The number of fused-ring (bicyclic) bond motifs is 2. The smallest absolute Gasteiger partial charge is 0.322 e. The van der Waals surface area contributed by atoms with E-state index >= 15 is 0 Å². The van der Waals surface area contributed by atoms with Crippen LogP contribution in [0.2, 0.25) is 0 Å². The largest absolute Gasteiger partial charge is 0.343 e. The van der Waals surface area contributed by atoms with Crippen LogP contribution >= 0.6 is 0 Å². The van der Waals surface area contributed by atoms with Gasteiger partial charge in [-0.1, -0.05) is 31.2 Å². The third-order valence-corrected chi connectivity index (χ3v) is 11.8. The van der Waals surface area contributed by atoms with Crippen LogP contribution in [0.4, 0.5) is 10.5 Å². The molecule has 3 aromatic rings. The second-order valence-electron chi connectivity index (χ2n) is 14.8. The van der Waals surface area contributed by atoms with Gasteiger partial charge in [-0.2, -0.15) is 5.10 Å². The first-order valence-electron chi connectivity index (χ1n) is 18.3. The van der Waals surface area contributed by atoms with Crippen molar-refractivity contribution in [2.24, 2.45) is 5.92 Å². The molecule has 4 amide bonds. The van der Waals surface area contributed by atoms with Crippen molar-refractivity contribution in [2.75, 3.05) is 71.3 Å². The summed E-state index contributed by atoms with van der Waals surface area (Å²) in [5, 5.41) is 11.4. The molecule has 0 aliphatic carbocycles. The lowest BCUT2D eigenvalue weighted by Crippen LogP contribution is -2.54. The lowest BCUT2D eigenvalue weighted by atomic mass is 9.82. The molecule has 4 aliphatic heterocycles. The quantitative estimate of drug-likeness (QED) is 0.389. The number of rotatable bonds is 7. The number of aromatic nitrogens is 2. The molecule has 7 rings (SSSR count). The number of likely N-dealkylation sites (tertiary alicyclic amines) is 2. The number of hydrogen-bond acceptors (Lipinski definition) is 6. The number of piperazine rings is 1. The molecule has 0 saturated carbocycles. The van der Waals surface area contributed by atoms with Gasteiger partial charge in [-0.25, -0.2) is 4.79 Å². The van der Waals surface area contributed by atoms with Crippen LogP contribution in [-0.2, 0) is 16.0 Å². The summed E-state index contributed by atoms with van der Waals surface area (Å²) in [6.45, 7) is 11.9. The first kappa shape index (κ1) is 33.5. The Labute approximate surface area is 290 Å². The van der Waals surface area contributed by atoms with Crippen LogP contribution in [0, 0.1) is 12.8 Å². The Morgan fingerprint density at radius 3 is 2.35 bits per heavy atom. The van der Waals surface area contributed by atoms with E-state index in [2.05, 4.69) is 64.4 Å². The van der Waals surface area contributed by atoms with Crippen LogP contribution in [0.3, 0.4) is 0 Å². The van der Waals surface area contributed by atoms with E-state index in [1.165, 1.54) is 0 Å². The number of H-pyrrole nitrogens is 1. The minimum atomic E-state index is -0.455. The highest BCUT2D eigenvalue weighted by atomic mass is 16.2. The summed E-state index contributed by atoms with van der Waals surface area (Å²) in [6.07, 6.45) is 6.26. The fraction of sp³-hybridized carbons (Fsp3) is 0.579. The van der Waals surface area contributed by atoms with Crippen molar-refractivity contribution in [3.8, 4) is 0 Å². The summed E-state index contributed by atoms with van der Waals surface area (Å²) >= 11 is 0. The highest BCUT2D eigenvalue weighted by molar-refractivity contribution is 5.91. The predicted octanol–water partition coefficient (Wildman–Crippen LogP) is 4.30. The van der Waals surface area contributed by atoms with Crippen LogP contribution in [0.5, 0.6) is 0 Å². The number of piperidine rings is 2. The molecule has 262 valence electrons. The maximum Gasteiger partial charge on any atom is 0.322 e. The SMILES string of the molecule is Cc1cc([C@H](C)C(CC(=O)N2CCC(N3CCc4ccccc4NC3=O)CC2)C(=O)N2CCC(N3CCN(C)CC3)CC2)cc2cn[nH]c12. The molecule has 1 aromatic heterocycles. The van der Waals surface area contributed by atoms with Gasteiger partial charge in [0.05, 0.1) is 17.6 Å². The number of anilines is 1. The number of carbonyl (C=O) groups excluding carboxylic acids is 3. The van der Waals surface area contributed by atoms with E-state index in [0.29, 0.717) is 25.7 Å². The number of carbonyl (C=O) groups is 3. The molecule has 2 atom stereocenters. The first-order valence-corrected chi connectivity index (χ1v) is 18.3. The second-order valence-corrected chi connectivity index (χ2v) is 14.8.